The van der Waals surface area contributed by atoms with E-state index in [1.807, 2.05) is 84.9 Å². The molecular weight excluding hydrogens is 400 g/mol. The van der Waals surface area contributed by atoms with Crippen molar-refractivity contribution in [3.8, 4) is 5.75 Å². The van der Waals surface area contributed by atoms with Gasteiger partial charge in [0, 0.05) is 0 Å². The zero-order valence-electron chi connectivity index (χ0n) is 18.6. The van der Waals surface area contributed by atoms with Crippen molar-refractivity contribution in [3.05, 3.63) is 102 Å². The largest absolute Gasteiger partial charge is 0.493 e. The Kier molecular flexibility index (Phi) is 8.44. The molecule has 0 fully saturated rings. The van der Waals surface area contributed by atoms with E-state index in [1.54, 1.807) is 0 Å². The van der Waals surface area contributed by atoms with Gasteiger partial charge in [-0.3, -0.25) is 9.59 Å². The normalized spacial score (nSPS) is 10.8. The highest BCUT2D eigenvalue weighted by atomic mass is 16.5. The van der Waals surface area contributed by atoms with E-state index in [9.17, 15) is 9.59 Å². The topological polar surface area (TPSA) is 67.4 Å². The van der Waals surface area contributed by atoms with Crippen LogP contribution in [-0.4, -0.2) is 18.4 Å². The number of hydrogen-bond acceptors (Lipinski definition) is 3. The minimum absolute atomic E-state index is 0.165. The summed E-state index contributed by atoms with van der Waals surface area (Å²) in [5.41, 5.74) is 2.61. The number of benzene rings is 3. The van der Waals surface area contributed by atoms with Gasteiger partial charge >= 0.3 is 0 Å². The Hall–Kier alpha value is -3.60. The van der Waals surface area contributed by atoms with Crippen molar-refractivity contribution >= 4 is 11.8 Å². The van der Waals surface area contributed by atoms with E-state index in [1.165, 1.54) is 0 Å². The van der Waals surface area contributed by atoms with Crippen LogP contribution in [0.25, 0.3) is 0 Å². The molecule has 5 nitrogen and oxygen atoms in total. The molecule has 3 aromatic rings. The zero-order chi connectivity index (χ0) is 22.8. The Labute approximate surface area is 189 Å². The van der Waals surface area contributed by atoms with Crippen LogP contribution in [0.3, 0.4) is 0 Å². The predicted octanol–water partition coefficient (Wildman–Crippen LogP) is 4.44. The average Bonchev–Trinajstić information content (AvgIpc) is 2.79. The highest BCUT2D eigenvalue weighted by Gasteiger charge is 2.18. The van der Waals surface area contributed by atoms with Crippen molar-refractivity contribution in [3.63, 3.8) is 0 Å². The Morgan fingerprint density at radius 3 is 1.62 bits per heavy atom. The van der Waals surface area contributed by atoms with Crippen LogP contribution >= 0.6 is 0 Å². The number of ether oxygens (including phenoxy) is 1. The van der Waals surface area contributed by atoms with E-state index >= 15 is 0 Å². The van der Waals surface area contributed by atoms with Crippen LogP contribution in [-0.2, 0) is 22.4 Å². The van der Waals surface area contributed by atoms with Crippen LogP contribution in [0.5, 0.6) is 5.75 Å². The highest BCUT2D eigenvalue weighted by molar-refractivity contribution is 5.82. The van der Waals surface area contributed by atoms with E-state index in [2.05, 4.69) is 24.5 Å². The van der Waals surface area contributed by atoms with Crippen LogP contribution in [0, 0.1) is 5.92 Å². The van der Waals surface area contributed by atoms with Crippen molar-refractivity contribution in [2.75, 3.05) is 6.61 Å². The number of carbonyl (C=O) groups is 2. The quantitative estimate of drug-likeness (QED) is 0.468. The number of nitrogens with one attached hydrogen (secondary N) is 2. The minimum atomic E-state index is -0.637. The lowest BCUT2D eigenvalue weighted by molar-refractivity contribution is -0.123. The number of amides is 2. The Morgan fingerprint density at radius 2 is 1.19 bits per heavy atom. The van der Waals surface area contributed by atoms with Gasteiger partial charge in [0.15, 0.2) is 0 Å². The molecule has 2 amide bonds. The second kappa shape index (κ2) is 11.7. The number of hydrogen-bond donors (Lipinski definition) is 2. The molecule has 0 aromatic heterocycles. The van der Waals surface area contributed by atoms with Crippen LogP contribution in [0.2, 0.25) is 0 Å². The Balaban J connectivity index is 1.70. The molecule has 0 heterocycles. The molecule has 0 unspecified atom stereocenters. The van der Waals surface area contributed by atoms with Crippen molar-refractivity contribution in [2.24, 2.45) is 5.92 Å². The van der Waals surface area contributed by atoms with Gasteiger partial charge < -0.3 is 15.4 Å². The van der Waals surface area contributed by atoms with E-state index in [0.29, 0.717) is 12.5 Å². The first kappa shape index (κ1) is 23.1. The Morgan fingerprint density at radius 1 is 0.719 bits per heavy atom. The molecule has 0 bridgehead atoms. The third-order valence-corrected chi connectivity index (χ3v) is 4.82. The molecule has 0 aliphatic carbocycles. The van der Waals surface area contributed by atoms with Gasteiger partial charge in [0.2, 0.25) is 11.8 Å². The fourth-order valence-corrected chi connectivity index (χ4v) is 3.21. The van der Waals surface area contributed by atoms with E-state index < -0.39 is 6.17 Å². The second-order valence-corrected chi connectivity index (χ2v) is 8.17. The molecule has 0 radical (unpaired) electrons. The van der Waals surface area contributed by atoms with Crippen LogP contribution < -0.4 is 15.4 Å². The smallest absolute Gasteiger partial charge is 0.226 e. The molecule has 3 rings (SSSR count). The molecule has 2 N–H and O–H groups in total. The Bertz CT molecular complexity index is 931. The van der Waals surface area contributed by atoms with Gasteiger partial charge in [-0.1, -0.05) is 86.6 Å². The molecule has 3 aromatic carbocycles. The molecule has 166 valence electrons. The van der Waals surface area contributed by atoms with Gasteiger partial charge in [0.1, 0.15) is 11.9 Å². The molecule has 0 saturated heterocycles. The van der Waals surface area contributed by atoms with Gasteiger partial charge in [-0.25, -0.2) is 0 Å². The van der Waals surface area contributed by atoms with Crippen LogP contribution in [0.15, 0.2) is 84.9 Å². The molecule has 5 heteroatoms. The summed E-state index contributed by atoms with van der Waals surface area (Å²) in [5.74, 6) is 0.854. The SMILES string of the molecule is CC(C)COc1ccc(C(NC(=O)Cc2ccccc2)NC(=O)Cc2ccccc2)cc1. The van der Waals surface area contributed by atoms with Crippen molar-refractivity contribution < 1.29 is 14.3 Å². The van der Waals surface area contributed by atoms with E-state index in [4.69, 9.17) is 4.74 Å². The van der Waals surface area contributed by atoms with E-state index in [-0.39, 0.29) is 24.7 Å². The van der Waals surface area contributed by atoms with E-state index in [0.717, 1.165) is 22.4 Å². The zero-order valence-corrected chi connectivity index (χ0v) is 18.6. The van der Waals surface area contributed by atoms with Gasteiger partial charge in [-0.05, 0) is 34.7 Å². The fraction of sp³-hybridized carbons (Fsp3) is 0.259. The van der Waals surface area contributed by atoms with Crippen LogP contribution in [0.1, 0.15) is 36.7 Å². The third kappa shape index (κ3) is 7.58. The molecule has 0 saturated carbocycles. The molecular formula is C27H30N2O3. The summed E-state index contributed by atoms with van der Waals surface area (Å²) in [6, 6.07) is 26.5. The van der Waals surface area contributed by atoms with Gasteiger partial charge in [-0.15, -0.1) is 0 Å². The predicted molar refractivity (Wildman–Crippen MR) is 126 cm³/mol. The van der Waals surface area contributed by atoms with Crippen LogP contribution in [0.4, 0.5) is 0 Å². The molecule has 0 spiro atoms. The summed E-state index contributed by atoms with van der Waals surface area (Å²) >= 11 is 0. The first-order valence-corrected chi connectivity index (χ1v) is 10.9. The van der Waals surface area contributed by atoms with Crippen molar-refractivity contribution in [2.45, 2.75) is 32.9 Å². The first-order valence-electron chi connectivity index (χ1n) is 10.9. The molecule has 32 heavy (non-hydrogen) atoms. The average molecular weight is 431 g/mol. The monoisotopic (exact) mass is 430 g/mol. The standard InChI is InChI=1S/C27H30N2O3/c1-20(2)19-32-24-15-13-23(14-16-24)27(28-25(30)17-21-9-5-3-6-10-21)29-26(31)18-22-11-7-4-8-12-22/h3-16,20,27H,17-19H2,1-2H3,(H,28,30)(H,29,31). The lowest BCUT2D eigenvalue weighted by atomic mass is 10.1. The van der Waals surface area contributed by atoms with Gasteiger partial charge in [0.25, 0.3) is 0 Å². The lowest BCUT2D eigenvalue weighted by Gasteiger charge is -2.21. The van der Waals surface area contributed by atoms with Crippen molar-refractivity contribution in [1.82, 2.24) is 10.6 Å². The summed E-state index contributed by atoms with van der Waals surface area (Å²) < 4.78 is 5.75. The summed E-state index contributed by atoms with van der Waals surface area (Å²) in [6.45, 7) is 4.81. The first-order chi connectivity index (χ1) is 15.5. The van der Waals surface area contributed by atoms with Gasteiger partial charge in [0.05, 0.1) is 19.4 Å². The molecule has 0 aliphatic heterocycles. The number of rotatable bonds is 10. The highest BCUT2D eigenvalue weighted by Crippen LogP contribution is 2.18. The number of carbonyl (C=O) groups excluding carboxylic acids is 2. The maximum atomic E-state index is 12.7. The maximum Gasteiger partial charge on any atom is 0.226 e. The summed E-state index contributed by atoms with van der Waals surface area (Å²) in [6.07, 6.45) is -0.162. The van der Waals surface area contributed by atoms with Gasteiger partial charge in [-0.2, -0.15) is 0 Å². The summed E-state index contributed by atoms with van der Waals surface area (Å²) in [5, 5.41) is 5.91. The fourth-order valence-electron chi connectivity index (χ4n) is 3.21. The summed E-state index contributed by atoms with van der Waals surface area (Å²) in [7, 11) is 0. The maximum absolute atomic E-state index is 12.7. The van der Waals surface area contributed by atoms with Crippen molar-refractivity contribution in [1.29, 1.82) is 0 Å². The molecule has 0 aliphatic rings. The third-order valence-electron chi connectivity index (χ3n) is 4.82. The molecule has 0 atom stereocenters. The second-order valence-electron chi connectivity index (χ2n) is 8.17. The lowest BCUT2D eigenvalue weighted by Crippen LogP contribution is -2.42. The minimum Gasteiger partial charge on any atom is -0.493 e. The summed E-state index contributed by atoms with van der Waals surface area (Å²) in [4.78, 5) is 25.4.